The molecular formula is C22H27NO6. The Bertz CT molecular complexity index is 868. The second-order valence-corrected chi connectivity index (χ2v) is 6.83. The summed E-state index contributed by atoms with van der Waals surface area (Å²) in [6, 6.07) is 10.3. The molecule has 0 saturated carbocycles. The fourth-order valence-corrected chi connectivity index (χ4v) is 4.05. The third-order valence-corrected chi connectivity index (χ3v) is 5.37. The van der Waals surface area contributed by atoms with Crippen LogP contribution in [0.1, 0.15) is 30.0 Å². The maximum absolute atomic E-state index is 12.0. The Morgan fingerprint density at radius 1 is 0.931 bits per heavy atom. The molecular weight excluding hydrogens is 374 g/mol. The molecule has 7 nitrogen and oxygen atoms in total. The number of carbonyl (C=O) groups is 1. The van der Waals surface area contributed by atoms with Crippen LogP contribution in [0.2, 0.25) is 0 Å². The second kappa shape index (κ2) is 9.05. The van der Waals surface area contributed by atoms with E-state index < -0.39 is 12.0 Å². The van der Waals surface area contributed by atoms with Gasteiger partial charge in [-0.2, -0.15) is 0 Å². The van der Waals surface area contributed by atoms with Crippen molar-refractivity contribution in [1.29, 1.82) is 0 Å². The molecule has 29 heavy (non-hydrogen) atoms. The van der Waals surface area contributed by atoms with Crippen LogP contribution in [-0.4, -0.2) is 57.0 Å². The molecule has 1 heterocycles. The van der Waals surface area contributed by atoms with Crippen LogP contribution in [0.5, 0.6) is 23.0 Å². The maximum atomic E-state index is 12.0. The topological polar surface area (TPSA) is 77.5 Å². The van der Waals surface area contributed by atoms with E-state index in [1.54, 1.807) is 34.5 Å². The molecule has 0 radical (unpaired) electrons. The van der Waals surface area contributed by atoms with E-state index in [2.05, 4.69) is 0 Å². The third kappa shape index (κ3) is 3.96. The van der Waals surface area contributed by atoms with Crippen molar-refractivity contribution in [3.05, 3.63) is 47.5 Å². The maximum Gasteiger partial charge on any atom is 0.320 e. The van der Waals surface area contributed by atoms with E-state index in [1.165, 1.54) is 0 Å². The van der Waals surface area contributed by atoms with Gasteiger partial charge in [0.15, 0.2) is 11.5 Å². The Morgan fingerprint density at radius 3 is 2.17 bits per heavy atom. The van der Waals surface area contributed by atoms with Crippen LogP contribution in [0.3, 0.4) is 0 Å². The van der Waals surface area contributed by atoms with Crippen LogP contribution in [0.4, 0.5) is 0 Å². The number of likely N-dealkylation sites (tertiary alicyclic amines) is 1. The van der Waals surface area contributed by atoms with Gasteiger partial charge < -0.3 is 24.1 Å². The minimum absolute atomic E-state index is 0.385. The number of benzene rings is 2. The molecule has 2 aromatic rings. The largest absolute Gasteiger partial charge is 0.496 e. The van der Waals surface area contributed by atoms with Gasteiger partial charge in [-0.05, 0) is 25.0 Å². The number of hydrogen-bond acceptors (Lipinski definition) is 6. The zero-order valence-electron chi connectivity index (χ0n) is 17.2. The summed E-state index contributed by atoms with van der Waals surface area (Å²) in [4.78, 5) is 14.0. The van der Waals surface area contributed by atoms with Gasteiger partial charge in [0.1, 0.15) is 17.5 Å². The molecule has 1 N–H and O–H groups in total. The fourth-order valence-electron chi connectivity index (χ4n) is 4.05. The zero-order valence-corrected chi connectivity index (χ0v) is 17.2. The van der Waals surface area contributed by atoms with Gasteiger partial charge in [0, 0.05) is 23.7 Å². The Morgan fingerprint density at radius 2 is 1.55 bits per heavy atom. The van der Waals surface area contributed by atoms with E-state index in [9.17, 15) is 9.90 Å². The molecule has 2 unspecified atom stereocenters. The lowest BCUT2D eigenvalue weighted by Gasteiger charge is -2.33. The SMILES string of the molecule is COc1cc(OC)c(C(c2ccccc2OC)N2CCCC2C(=O)O)cc1OC. The average molecular weight is 401 g/mol. The highest BCUT2D eigenvalue weighted by Gasteiger charge is 2.39. The molecule has 1 aliphatic rings. The quantitative estimate of drug-likeness (QED) is 0.727. The number of para-hydroxylation sites is 1. The minimum Gasteiger partial charge on any atom is -0.496 e. The summed E-state index contributed by atoms with van der Waals surface area (Å²) in [7, 11) is 6.33. The van der Waals surface area contributed by atoms with E-state index in [4.69, 9.17) is 18.9 Å². The van der Waals surface area contributed by atoms with Crippen LogP contribution in [0.15, 0.2) is 36.4 Å². The molecule has 2 atom stereocenters. The normalized spacial score (nSPS) is 17.6. The highest BCUT2D eigenvalue weighted by molar-refractivity contribution is 5.74. The molecule has 0 bridgehead atoms. The van der Waals surface area contributed by atoms with Crippen molar-refractivity contribution in [2.24, 2.45) is 0 Å². The number of nitrogens with zero attached hydrogens (tertiary/aromatic N) is 1. The van der Waals surface area contributed by atoms with E-state index in [-0.39, 0.29) is 6.04 Å². The summed E-state index contributed by atoms with van der Waals surface area (Å²) < 4.78 is 22.2. The monoisotopic (exact) mass is 401 g/mol. The average Bonchev–Trinajstić information content (AvgIpc) is 3.23. The molecule has 0 aliphatic carbocycles. The highest BCUT2D eigenvalue weighted by Crippen LogP contribution is 2.45. The van der Waals surface area contributed by atoms with Gasteiger partial charge >= 0.3 is 5.97 Å². The van der Waals surface area contributed by atoms with Gasteiger partial charge in [-0.3, -0.25) is 9.69 Å². The van der Waals surface area contributed by atoms with Crippen LogP contribution >= 0.6 is 0 Å². The van der Waals surface area contributed by atoms with Crippen LogP contribution in [0, 0.1) is 0 Å². The Kier molecular flexibility index (Phi) is 6.49. The molecule has 0 amide bonds. The number of carboxylic acid groups (broad SMARTS) is 1. The first-order chi connectivity index (χ1) is 14.0. The van der Waals surface area contributed by atoms with Crippen LogP contribution in [-0.2, 0) is 4.79 Å². The smallest absolute Gasteiger partial charge is 0.320 e. The van der Waals surface area contributed by atoms with Gasteiger partial charge in [-0.25, -0.2) is 0 Å². The second-order valence-electron chi connectivity index (χ2n) is 6.83. The van der Waals surface area contributed by atoms with Crippen molar-refractivity contribution in [3.63, 3.8) is 0 Å². The van der Waals surface area contributed by atoms with Gasteiger partial charge in [0.2, 0.25) is 0 Å². The van der Waals surface area contributed by atoms with Gasteiger partial charge in [-0.1, -0.05) is 18.2 Å². The molecule has 3 rings (SSSR count). The molecule has 2 aromatic carbocycles. The Labute approximate surface area is 170 Å². The first kappa shape index (κ1) is 20.8. The van der Waals surface area contributed by atoms with E-state index in [0.29, 0.717) is 36.0 Å². The number of aliphatic carboxylic acids is 1. The number of ether oxygens (including phenoxy) is 4. The minimum atomic E-state index is -0.832. The molecule has 0 spiro atoms. The van der Waals surface area contributed by atoms with Crippen LogP contribution < -0.4 is 18.9 Å². The standard InChI is InChI=1S/C22H27NO6/c1-26-17-10-6-5-8-14(17)21(23-11-7-9-16(23)22(24)25)15-12-19(28-3)20(29-4)13-18(15)27-2/h5-6,8,10,12-13,16,21H,7,9,11H2,1-4H3,(H,24,25). The van der Waals surface area contributed by atoms with Crippen LogP contribution in [0.25, 0.3) is 0 Å². The highest BCUT2D eigenvalue weighted by atomic mass is 16.5. The van der Waals surface area contributed by atoms with Gasteiger partial charge in [-0.15, -0.1) is 0 Å². The summed E-state index contributed by atoms with van der Waals surface area (Å²) in [5.41, 5.74) is 1.66. The number of hydrogen-bond donors (Lipinski definition) is 1. The van der Waals surface area contributed by atoms with E-state index in [0.717, 1.165) is 17.5 Å². The first-order valence-electron chi connectivity index (χ1n) is 9.47. The fraction of sp³-hybridized carbons (Fsp3) is 0.409. The lowest BCUT2D eigenvalue weighted by molar-refractivity contribution is -0.142. The summed E-state index contributed by atoms with van der Waals surface area (Å²) in [5.74, 6) is 1.54. The van der Waals surface area contributed by atoms with Crippen molar-refractivity contribution in [3.8, 4) is 23.0 Å². The van der Waals surface area contributed by atoms with Crippen molar-refractivity contribution in [1.82, 2.24) is 4.90 Å². The Hall–Kier alpha value is -2.93. The molecule has 1 aliphatic heterocycles. The summed E-state index contributed by atoms with van der Waals surface area (Å²) in [6.45, 7) is 0.650. The molecule has 0 aromatic heterocycles. The lowest BCUT2D eigenvalue weighted by Crippen LogP contribution is -2.39. The first-order valence-corrected chi connectivity index (χ1v) is 9.47. The van der Waals surface area contributed by atoms with E-state index >= 15 is 0 Å². The van der Waals surface area contributed by atoms with Gasteiger partial charge in [0.25, 0.3) is 0 Å². The lowest BCUT2D eigenvalue weighted by atomic mass is 9.94. The van der Waals surface area contributed by atoms with Crippen molar-refractivity contribution in [2.75, 3.05) is 35.0 Å². The molecule has 1 saturated heterocycles. The molecule has 7 heteroatoms. The zero-order chi connectivity index (χ0) is 21.0. The summed E-state index contributed by atoms with van der Waals surface area (Å²) in [5, 5.41) is 9.81. The number of carboxylic acids is 1. The van der Waals surface area contributed by atoms with Crippen molar-refractivity contribution in [2.45, 2.75) is 24.9 Å². The Balaban J connectivity index is 2.25. The summed E-state index contributed by atoms with van der Waals surface area (Å²) in [6.07, 6.45) is 1.40. The number of rotatable bonds is 8. The molecule has 1 fully saturated rings. The van der Waals surface area contributed by atoms with Crippen molar-refractivity contribution >= 4 is 5.97 Å². The number of methoxy groups -OCH3 is 4. The summed E-state index contributed by atoms with van der Waals surface area (Å²) >= 11 is 0. The molecule has 156 valence electrons. The predicted octanol–water partition coefficient (Wildman–Crippen LogP) is 3.36. The van der Waals surface area contributed by atoms with Gasteiger partial charge in [0.05, 0.1) is 34.5 Å². The van der Waals surface area contributed by atoms with Crippen molar-refractivity contribution < 1.29 is 28.8 Å². The third-order valence-electron chi connectivity index (χ3n) is 5.37. The predicted molar refractivity (Wildman–Crippen MR) is 108 cm³/mol. The van der Waals surface area contributed by atoms with E-state index in [1.807, 2.05) is 35.2 Å².